The molecule has 96 valence electrons. The van der Waals surface area contributed by atoms with Gasteiger partial charge in [-0.25, -0.2) is 0 Å². The molecule has 1 amide bonds. The number of hydrogen-bond acceptors (Lipinski definition) is 3. The molecule has 0 spiro atoms. The molecule has 2 aromatic rings. The average molecular weight is 262 g/mol. The second-order valence-electron chi connectivity index (χ2n) is 4.82. The SMILES string of the molecule is CC(C)CNC(C(N)=O)c1csc2ccccc12. The molecule has 3 N–H and O–H groups in total. The van der Waals surface area contributed by atoms with Gasteiger partial charge in [0, 0.05) is 4.70 Å². The Bertz CT molecular complexity index is 547. The summed E-state index contributed by atoms with van der Waals surface area (Å²) in [5.41, 5.74) is 6.50. The summed E-state index contributed by atoms with van der Waals surface area (Å²) in [4.78, 5) is 11.6. The lowest BCUT2D eigenvalue weighted by Crippen LogP contribution is -2.35. The van der Waals surface area contributed by atoms with E-state index in [0.29, 0.717) is 5.92 Å². The van der Waals surface area contributed by atoms with Crippen molar-refractivity contribution < 1.29 is 4.79 Å². The molecular weight excluding hydrogens is 244 g/mol. The normalized spacial score (nSPS) is 13.1. The number of rotatable bonds is 5. The highest BCUT2D eigenvalue weighted by molar-refractivity contribution is 7.17. The molecule has 0 aliphatic heterocycles. The molecule has 0 aliphatic carbocycles. The fourth-order valence-corrected chi connectivity index (χ4v) is 2.93. The van der Waals surface area contributed by atoms with Crippen molar-refractivity contribution in [2.75, 3.05) is 6.54 Å². The third-order valence-electron chi connectivity index (χ3n) is 2.84. The zero-order valence-electron chi connectivity index (χ0n) is 10.6. The topological polar surface area (TPSA) is 55.1 Å². The largest absolute Gasteiger partial charge is 0.368 e. The fourth-order valence-electron chi connectivity index (χ4n) is 1.94. The molecule has 1 heterocycles. The van der Waals surface area contributed by atoms with Crippen LogP contribution in [0, 0.1) is 5.92 Å². The van der Waals surface area contributed by atoms with Gasteiger partial charge in [0.2, 0.25) is 5.91 Å². The van der Waals surface area contributed by atoms with E-state index in [-0.39, 0.29) is 5.91 Å². The van der Waals surface area contributed by atoms with E-state index in [1.165, 1.54) is 4.70 Å². The Morgan fingerprint density at radius 2 is 2.11 bits per heavy atom. The van der Waals surface area contributed by atoms with Crippen molar-refractivity contribution in [3.63, 3.8) is 0 Å². The lowest BCUT2D eigenvalue weighted by Gasteiger charge is -2.16. The summed E-state index contributed by atoms with van der Waals surface area (Å²) in [5.74, 6) is 0.163. The maximum absolute atomic E-state index is 11.6. The van der Waals surface area contributed by atoms with E-state index in [1.807, 2.05) is 23.6 Å². The van der Waals surface area contributed by atoms with Gasteiger partial charge in [-0.2, -0.15) is 0 Å². The zero-order chi connectivity index (χ0) is 13.1. The van der Waals surface area contributed by atoms with E-state index in [1.54, 1.807) is 11.3 Å². The van der Waals surface area contributed by atoms with Crippen molar-refractivity contribution in [3.8, 4) is 0 Å². The number of hydrogen-bond donors (Lipinski definition) is 2. The predicted molar refractivity (Wildman–Crippen MR) is 76.6 cm³/mol. The van der Waals surface area contributed by atoms with Crippen LogP contribution in [0.3, 0.4) is 0 Å². The lowest BCUT2D eigenvalue weighted by molar-refractivity contribution is -0.120. The molecule has 1 aromatic heterocycles. The number of amides is 1. The minimum absolute atomic E-state index is 0.320. The van der Waals surface area contributed by atoms with E-state index < -0.39 is 6.04 Å². The first kappa shape index (κ1) is 13.1. The fraction of sp³-hybridized carbons (Fsp3) is 0.357. The number of benzene rings is 1. The van der Waals surface area contributed by atoms with Crippen LogP contribution < -0.4 is 11.1 Å². The van der Waals surface area contributed by atoms with Crippen molar-refractivity contribution in [3.05, 3.63) is 35.2 Å². The Morgan fingerprint density at radius 3 is 2.78 bits per heavy atom. The van der Waals surface area contributed by atoms with Crippen LogP contribution in [0.1, 0.15) is 25.5 Å². The Morgan fingerprint density at radius 1 is 1.39 bits per heavy atom. The van der Waals surface area contributed by atoms with Crippen LogP contribution in [0.25, 0.3) is 10.1 Å². The van der Waals surface area contributed by atoms with Crippen molar-refractivity contribution in [1.29, 1.82) is 0 Å². The molecule has 4 heteroatoms. The number of primary amides is 1. The molecule has 1 aromatic carbocycles. The molecule has 18 heavy (non-hydrogen) atoms. The smallest absolute Gasteiger partial charge is 0.239 e. The highest BCUT2D eigenvalue weighted by Gasteiger charge is 2.20. The quantitative estimate of drug-likeness (QED) is 0.870. The lowest BCUT2D eigenvalue weighted by atomic mass is 10.0. The molecule has 0 saturated heterocycles. The summed E-state index contributed by atoms with van der Waals surface area (Å²) in [7, 11) is 0. The molecule has 0 bridgehead atoms. The average Bonchev–Trinajstić information content (AvgIpc) is 2.73. The molecular formula is C14H18N2OS. The molecule has 1 unspecified atom stereocenters. The molecule has 0 radical (unpaired) electrons. The van der Waals surface area contributed by atoms with Gasteiger partial charge >= 0.3 is 0 Å². The number of carbonyl (C=O) groups is 1. The summed E-state index contributed by atoms with van der Waals surface area (Å²) in [6.07, 6.45) is 0. The summed E-state index contributed by atoms with van der Waals surface area (Å²) >= 11 is 1.65. The summed E-state index contributed by atoms with van der Waals surface area (Å²) in [6.45, 7) is 4.99. The Balaban J connectivity index is 2.33. The summed E-state index contributed by atoms with van der Waals surface area (Å²) < 4.78 is 1.19. The van der Waals surface area contributed by atoms with Crippen molar-refractivity contribution in [1.82, 2.24) is 5.32 Å². The Labute approximate surface area is 111 Å². The van der Waals surface area contributed by atoms with Crippen LogP contribution in [0.2, 0.25) is 0 Å². The number of thiophene rings is 1. The minimum atomic E-state index is -0.399. The molecule has 0 aliphatic rings. The number of nitrogens with one attached hydrogen (secondary N) is 1. The van der Waals surface area contributed by atoms with E-state index in [9.17, 15) is 4.79 Å². The van der Waals surface area contributed by atoms with Crippen molar-refractivity contribution in [2.45, 2.75) is 19.9 Å². The van der Waals surface area contributed by atoms with Gasteiger partial charge in [-0.05, 0) is 34.9 Å². The molecule has 0 fully saturated rings. The second kappa shape index (κ2) is 5.50. The van der Waals surface area contributed by atoms with Gasteiger partial charge in [-0.1, -0.05) is 32.0 Å². The van der Waals surface area contributed by atoms with Crippen molar-refractivity contribution in [2.24, 2.45) is 11.7 Å². The third-order valence-corrected chi connectivity index (χ3v) is 3.82. The van der Waals surface area contributed by atoms with Crippen LogP contribution in [-0.4, -0.2) is 12.5 Å². The number of carbonyl (C=O) groups excluding carboxylic acids is 1. The zero-order valence-corrected chi connectivity index (χ0v) is 11.5. The molecule has 2 rings (SSSR count). The number of nitrogens with two attached hydrogens (primary N) is 1. The third kappa shape index (κ3) is 2.71. The minimum Gasteiger partial charge on any atom is -0.368 e. The maximum Gasteiger partial charge on any atom is 0.239 e. The first-order valence-corrected chi connectivity index (χ1v) is 6.96. The maximum atomic E-state index is 11.6. The van der Waals surface area contributed by atoms with E-state index in [0.717, 1.165) is 17.5 Å². The monoisotopic (exact) mass is 262 g/mol. The Hall–Kier alpha value is -1.39. The van der Waals surface area contributed by atoms with Gasteiger partial charge in [0.1, 0.15) is 6.04 Å². The summed E-state index contributed by atoms with van der Waals surface area (Å²) in [6, 6.07) is 7.68. The van der Waals surface area contributed by atoms with Gasteiger partial charge in [-0.15, -0.1) is 11.3 Å². The first-order valence-electron chi connectivity index (χ1n) is 6.08. The second-order valence-corrected chi connectivity index (χ2v) is 5.74. The van der Waals surface area contributed by atoms with E-state index in [4.69, 9.17) is 5.73 Å². The highest BCUT2D eigenvalue weighted by atomic mass is 32.1. The molecule has 3 nitrogen and oxygen atoms in total. The molecule has 0 saturated carbocycles. The van der Waals surface area contributed by atoms with Crippen LogP contribution in [-0.2, 0) is 4.79 Å². The summed E-state index contributed by atoms with van der Waals surface area (Å²) in [5, 5.41) is 6.38. The van der Waals surface area contributed by atoms with Gasteiger partial charge < -0.3 is 11.1 Å². The van der Waals surface area contributed by atoms with Crippen LogP contribution in [0.4, 0.5) is 0 Å². The first-order chi connectivity index (χ1) is 8.59. The predicted octanol–water partition coefficient (Wildman–Crippen LogP) is 2.67. The molecule has 1 atom stereocenters. The number of fused-ring (bicyclic) bond motifs is 1. The van der Waals surface area contributed by atoms with Gasteiger partial charge in [-0.3, -0.25) is 4.79 Å². The Kier molecular flexibility index (Phi) is 3.99. The van der Waals surface area contributed by atoms with E-state index in [2.05, 4.69) is 25.2 Å². The van der Waals surface area contributed by atoms with Crippen LogP contribution in [0.5, 0.6) is 0 Å². The van der Waals surface area contributed by atoms with Gasteiger partial charge in [0.05, 0.1) is 0 Å². The van der Waals surface area contributed by atoms with Gasteiger partial charge in [0.25, 0.3) is 0 Å². The van der Waals surface area contributed by atoms with Crippen LogP contribution >= 0.6 is 11.3 Å². The highest BCUT2D eigenvalue weighted by Crippen LogP contribution is 2.30. The van der Waals surface area contributed by atoms with Crippen LogP contribution in [0.15, 0.2) is 29.6 Å². The van der Waals surface area contributed by atoms with Crippen molar-refractivity contribution >= 4 is 27.3 Å². The standard InChI is InChI=1S/C14H18N2OS/c1-9(2)7-16-13(14(15)17)11-8-18-12-6-4-3-5-10(11)12/h3-6,8-9,13,16H,7H2,1-2H3,(H2,15,17). The van der Waals surface area contributed by atoms with Gasteiger partial charge in [0.15, 0.2) is 0 Å². The van der Waals surface area contributed by atoms with E-state index >= 15 is 0 Å².